The van der Waals surface area contributed by atoms with E-state index in [1.807, 2.05) is 12.2 Å². The van der Waals surface area contributed by atoms with E-state index in [0.717, 1.165) is 38.5 Å². The van der Waals surface area contributed by atoms with Crippen molar-refractivity contribution in [3.8, 4) is 23.7 Å². The molecule has 1 aromatic heterocycles. The van der Waals surface area contributed by atoms with Gasteiger partial charge >= 0.3 is 0 Å². The molecule has 0 aliphatic carbocycles. The Morgan fingerprint density at radius 3 is 2.82 bits per heavy atom. The van der Waals surface area contributed by atoms with Gasteiger partial charge in [0.25, 0.3) is 0 Å². The van der Waals surface area contributed by atoms with Crippen LogP contribution < -0.4 is 5.48 Å². The van der Waals surface area contributed by atoms with Gasteiger partial charge in [-0.15, -0.1) is 0 Å². The zero-order valence-electron chi connectivity index (χ0n) is 12.6. The van der Waals surface area contributed by atoms with Crippen LogP contribution in [-0.2, 0) is 4.79 Å². The van der Waals surface area contributed by atoms with Gasteiger partial charge in [0.1, 0.15) is 0 Å². The van der Waals surface area contributed by atoms with E-state index in [-0.39, 0.29) is 5.91 Å². The molecule has 0 aromatic carbocycles. The molecule has 1 aromatic rings. The van der Waals surface area contributed by atoms with Crippen molar-refractivity contribution in [2.24, 2.45) is 0 Å². The summed E-state index contributed by atoms with van der Waals surface area (Å²) < 4.78 is 5.06. The molecule has 4 nitrogen and oxygen atoms in total. The first kappa shape index (κ1) is 17.6. The number of unbranched alkanes of at least 4 members (excludes halogenated alkanes) is 5. The molecule has 0 aliphatic heterocycles. The molecule has 0 aliphatic rings. The Morgan fingerprint density at radius 2 is 2.05 bits per heavy atom. The summed E-state index contributed by atoms with van der Waals surface area (Å²) in [4.78, 5) is 10.8. The van der Waals surface area contributed by atoms with Gasteiger partial charge in [-0.25, -0.2) is 5.48 Å². The highest BCUT2D eigenvalue weighted by molar-refractivity contribution is 5.74. The SMILES string of the molecule is O=C(CCCCCCC/C=C\C#CC#Cc1ccco1)NO. The van der Waals surface area contributed by atoms with E-state index < -0.39 is 0 Å². The fourth-order valence-corrected chi connectivity index (χ4v) is 1.80. The fraction of sp³-hybridized carbons (Fsp3) is 0.389. The molecule has 0 unspecified atom stereocenters. The molecule has 1 heterocycles. The second-order valence-corrected chi connectivity index (χ2v) is 4.74. The third kappa shape index (κ3) is 9.47. The average Bonchev–Trinajstić information content (AvgIpc) is 3.04. The first-order valence-corrected chi connectivity index (χ1v) is 7.46. The third-order valence-electron chi connectivity index (χ3n) is 2.94. The number of hydrogen-bond donors (Lipinski definition) is 2. The van der Waals surface area contributed by atoms with Crippen molar-refractivity contribution in [3.63, 3.8) is 0 Å². The first-order chi connectivity index (χ1) is 10.8. The standard InChI is InChI=1S/C18H21NO3/c20-18(19-21)15-11-9-7-5-3-1-2-4-6-8-10-13-17-14-12-16-22-17/h2,4,12,14,16,21H,1,3,5,7,9,11,15H2,(H,19,20)/b4-2-. The molecule has 2 N–H and O–H groups in total. The topological polar surface area (TPSA) is 62.5 Å². The number of rotatable bonds is 8. The Hall–Kier alpha value is -2.43. The van der Waals surface area contributed by atoms with E-state index in [4.69, 9.17) is 9.62 Å². The van der Waals surface area contributed by atoms with Gasteiger partial charge in [0.2, 0.25) is 5.91 Å². The first-order valence-electron chi connectivity index (χ1n) is 7.46. The van der Waals surface area contributed by atoms with Crippen LogP contribution in [0.15, 0.2) is 35.0 Å². The van der Waals surface area contributed by atoms with Crippen LogP contribution in [0.3, 0.4) is 0 Å². The van der Waals surface area contributed by atoms with Gasteiger partial charge in [-0.1, -0.05) is 31.3 Å². The van der Waals surface area contributed by atoms with E-state index in [9.17, 15) is 4.79 Å². The zero-order chi connectivity index (χ0) is 15.9. The molecule has 22 heavy (non-hydrogen) atoms. The van der Waals surface area contributed by atoms with Crippen LogP contribution >= 0.6 is 0 Å². The molecule has 0 radical (unpaired) electrons. The minimum Gasteiger partial charge on any atom is -0.456 e. The van der Waals surface area contributed by atoms with Gasteiger partial charge in [0.05, 0.1) is 6.26 Å². The normalized spacial score (nSPS) is 9.68. The molecular formula is C18H21NO3. The van der Waals surface area contributed by atoms with E-state index >= 15 is 0 Å². The lowest BCUT2D eigenvalue weighted by Crippen LogP contribution is -2.17. The Labute approximate surface area is 131 Å². The average molecular weight is 299 g/mol. The van der Waals surface area contributed by atoms with Crippen LogP contribution in [0.5, 0.6) is 0 Å². The molecule has 0 fully saturated rings. The third-order valence-corrected chi connectivity index (χ3v) is 2.94. The molecule has 4 heteroatoms. The van der Waals surface area contributed by atoms with Crippen molar-refractivity contribution >= 4 is 5.91 Å². The smallest absolute Gasteiger partial charge is 0.243 e. The van der Waals surface area contributed by atoms with Crippen LogP contribution in [0.4, 0.5) is 0 Å². The van der Waals surface area contributed by atoms with Gasteiger partial charge in [-0.2, -0.15) is 0 Å². The molecule has 0 saturated heterocycles. The number of allylic oxidation sites excluding steroid dienone is 2. The van der Waals surface area contributed by atoms with Crippen LogP contribution in [-0.4, -0.2) is 11.1 Å². The predicted octanol–water partition coefficient (Wildman–Crippen LogP) is 3.43. The van der Waals surface area contributed by atoms with Crippen LogP contribution in [0, 0.1) is 23.7 Å². The van der Waals surface area contributed by atoms with E-state index in [1.54, 1.807) is 23.9 Å². The molecular weight excluding hydrogens is 278 g/mol. The van der Waals surface area contributed by atoms with E-state index in [2.05, 4.69) is 23.7 Å². The van der Waals surface area contributed by atoms with Crippen molar-refractivity contribution in [2.75, 3.05) is 0 Å². The Bertz CT molecular complexity index is 565. The summed E-state index contributed by atoms with van der Waals surface area (Å²) in [6.45, 7) is 0. The van der Waals surface area contributed by atoms with Crippen molar-refractivity contribution in [1.82, 2.24) is 5.48 Å². The zero-order valence-corrected chi connectivity index (χ0v) is 12.6. The summed E-state index contributed by atoms with van der Waals surface area (Å²) in [5.74, 6) is 11.4. The van der Waals surface area contributed by atoms with Crippen molar-refractivity contribution < 1.29 is 14.4 Å². The lowest BCUT2D eigenvalue weighted by molar-refractivity contribution is -0.129. The molecule has 0 spiro atoms. The lowest BCUT2D eigenvalue weighted by atomic mass is 10.1. The highest BCUT2D eigenvalue weighted by atomic mass is 16.5. The largest absolute Gasteiger partial charge is 0.456 e. The maximum absolute atomic E-state index is 10.8. The maximum Gasteiger partial charge on any atom is 0.243 e. The molecule has 0 atom stereocenters. The molecule has 116 valence electrons. The van der Waals surface area contributed by atoms with Gasteiger partial charge in [0, 0.05) is 6.42 Å². The Kier molecular flexibility index (Phi) is 9.87. The van der Waals surface area contributed by atoms with Crippen molar-refractivity contribution in [3.05, 3.63) is 36.3 Å². The molecule has 1 amide bonds. The number of carbonyl (C=O) groups excluding carboxylic acids is 1. The number of carbonyl (C=O) groups is 1. The predicted molar refractivity (Wildman–Crippen MR) is 84.8 cm³/mol. The summed E-state index contributed by atoms with van der Waals surface area (Å²) >= 11 is 0. The van der Waals surface area contributed by atoms with Crippen molar-refractivity contribution in [2.45, 2.75) is 44.9 Å². The second-order valence-electron chi connectivity index (χ2n) is 4.74. The maximum atomic E-state index is 10.8. The Balaban J connectivity index is 1.97. The number of furan rings is 1. The highest BCUT2D eigenvalue weighted by Crippen LogP contribution is 2.07. The van der Waals surface area contributed by atoms with Gasteiger partial charge in [-0.05, 0) is 55.2 Å². The minimum absolute atomic E-state index is 0.309. The van der Waals surface area contributed by atoms with E-state index in [0.29, 0.717) is 12.2 Å². The molecule has 1 rings (SSSR count). The summed E-state index contributed by atoms with van der Waals surface area (Å²) in [7, 11) is 0. The van der Waals surface area contributed by atoms with Gasteiger partial charge in [-0.3, -0.25) is 10.0 Å². The van der Waals surface area contributed by atoms with Gasteiger partial charge < -0.3 is 4.42 Å². The monoisotopic (exact) mass is 299 g/mol. The van der Waals surface area contributed by atoms with Crippen molar-refractivity contribution in [1.29, 1.82) is 0 Å². The molecule has 0 saturated carbocycles. The number of hydroxylamine groups is 1. The number of amides is 1. The van der Waals surface area contributed by atoms with E-state index in [1.165, 1.54) is 0 Å². The molecule has 0 bridgehead atoms. The number of nitrogens with one attached hydrogen (secondary N) is 1. The van der Waals surface area contributed by atoms with Crippen LogP contribution in [0.25, 0.3) is 0 Å². The highest BCUT2D eigenvalue weighted by Gasteiger charge is 1.97. The lowest BCUT2D eigenvalue weighted by Gasteiger charge is -1.99. The van der Waals surface area contributed by atoms with Crippen LogP contribution in [0.1, 0.15) is 50.7 Å². The summed E-state index contributed by atoms with van der Waals surface area (Å²) in [5.41, 5.74) is 1.64. The van der Waals surface area contributed by atoms with Gasteiger partial charge in [0.15, 0.2) is 5.76 Å². The quantitative estimate of drug-likeness (QED) is 0.334. The summed E-state index contributed by atoms with van der Waals surface area (Å²) in [6.07, 6.45) is 12.0. The summed E-state index contributed by atoms with van der Waals surface area (Å²) in [6, 6.07) is 3.58. The second kappa shape index (κ2) is 12.3. The summed E-state index contributed by atoms with van der Waals surface area (Å²) in [5, 5.41) is 8.33. The Morgan fingerprint density at radius 1 is 1.23 bits per heavy atom. The fourth-order valence-electron chi connectivity index (χ4n) is 1.80. The minimum atomic E-state index is -0.309. The van der Waals surface area contributed by atoms with Crippen LogP contribution in [0.2, 0.25) is 0 Å². The number of hydrogen-bond acceptors (Lipinski definition) is 3.